The first-order chi connectivity index (χ1) is 19.2. The maximum absolute atomic E-state index is 13.6. The van der Waals surface area contributed by atoms with Crippen molar-refractivity contribution in [1.29, 1.82) is 5.26 Å². The van der Waals surface area contributed by atoms with Gasteiger partial charge in [0.15, 0.2) is 5.78 Å². The van der Waals surface area contributed by atoms with E-state index in [2.05, 4.69) is 44.2 Å². The second-order valence-electron chi connectivity index (χ2n) is 10.3. The van der Waals surface area contributed by atoms with Gasteiger partial charge in [0.1, 0.15) is 11.5 Å². The van der Waals surface area contributed by atoms with E-state index in [1.165, 1.54) is 16.5 Å². The fourth-order valence-electron chi connectivity index (χ4n) is 5.74. The number of nitrogens with zero attached hydrogens (tertiary/aromatic N) is 3. The first-order valence-electron chi connectivity index (χ1n) is 13.2. The number of anilines is 1. The van der Waals surface area contributed by atoms with E-state index in [0.717, 1.165) is 28.0 Å². The Labute approximate surface area is 238 Å². The van der Waals surface area contributed by atoms with Crippen LogP contribution in [0, 0.1) is 42.2 Å². The van der Waals surface area contributed by atoms with Crippen LogP contribution in [-0.4, -0.2) is 10.7 Å². The van der Waals surface area contributed by atoms with Gasteiger partial charge in [-0.15, -0.1) is 11.8 Å². The number of nitro groups is 1. The molecule has 202 valence electrons. The number of Topliss-reactive ketones (excluding diaryl/α,β-unsaturated/α-hetero) is 1. The Balaban J connectivity index is 1.66. The molecule has 40 heavy (non-hydrogen) atoms. The maximum Gasteiger partial charge on any atom is 0.293 e. The Morgan fingerprint density at radius 3 is 2.50 bits per heavy atom. The van der Waals surface area contributed by atoms with Gasteiger partial charge in [0, 0.05) is 34.4 Å². The fraction of sp³-hybridized carbons (Fsp3) is 0.250. The summed E-state index contributed by atoms with van der Waals surface area (Å²) >= 11 is 1.76. The summed E-state index contributed by atoms with van der Waals surface area (Å²) in [6.45, 7) is 6.16. The van der Waals surface area contributed by atoms with E-state index in [9.17, 15) is 20.2 Å². The Morgan fingerprint density at radius 1 is 1.05 bits per heavy atom. The van der Waals surface area contributed by atoms with Crippen LogP contribution in [0.2, 0.25) is 0 Å². The summed E-state index contributed by atoms with van der Waals surface area (Å²) in [5, 5.41) is 22.3. The summed E-state index contributed by atoms with van der Waals surface area (Å²) in [6.07, 6.45) is 1.51. The summed E-state index contributed by atoms with van der Waals surface area (Å²) < 4.78 is 0. The van der Waals surface area contributed by atoms with Crippen molar-refractivity contribution in [2.75, 3.05) is 4.90 Å². The quantitative estimate of drug-likeness (QED) is 0.197. The van der Waals surface area contributed by atoms with Gasteiger partial charge >= 0.3 is 0 Å². The van der Waals surface area contributed by atoms with E-state index < -0.39 is 10.8 Å². The number of rotatable bonds is 6. The van der Waals surface area contributed by atoms with E-state index >= 15 is 0 Å². The van der Waals surface area contributed by atoms with E-state index in [-0.39, 0.29) is 28.6 Å². The number of ketones is 1. The van der Waals surface area contributed by atoms with Gasteiger partial charge in [-0.05, 0) is 73.6 Å². The number of nitrogens with two attached hydrogens (primary N) is 1. The zero-order valence-corrected chi connectivity index (χ0v) is 23.5. The number of carbonyl (C=O) groups is 1. The molecule has 0 spiro atoms. The average Bonchev–Trinajstić information content (AvgIpc) is 2.93. The van der Waals surface area contributed by atoms with Gasteiger partial charge in [0.25, 0.3) is 5.69 Å². The number of allylic oxidation sites excluding steroid dienone is 3. The Hall–Kier alpha value is -4.35. The minimum atomic E-state index is -0.630. The minimum Gasteiger partial charge on any atom is -0.384 e. The van der Waals surface area contributed by atoms with Crippen molar-refractivity contribution in [2.24, 2.45) is 5.73 Å². The average molecular weight is 551 g/mol. The molecule has 0 fully saturated rings. The van der Waals surface area contributed by atoms with Gasteiger partial charge < -0.3 is 5.73 Å². The highest BCUT2D eigenvalue weighted by atomic mass is 32.2. The number of para-hydroxylation sites is 2. The highest BCUT2D eigenvalue weighted by Gasteiger charge is 2.42. The van der Waals surface area contributed by atoms with Crippen molar-refractivity contribution < 1.29 is 9.72 Å². The molecule has 0 bridgehead atoms. The predicted molar refractivity (Wildman–Crippen MR) is 158 cm³/mol. The van der Waals surface area contributed by atoms with Crippen molar-refractivity contribution in [2.45, 2.75) is 56.6 Å². The highest BCUT2D eigenvalue weighted by Crippen LogP contribution is 2.48. The Morgan fingerprint density at radius 2 is 1.77 bits per heavy atom. The molecule has 1 atom stereocenters. The van der Waals surface area contributed by atoms with Crippen LogP contribution in [0.25, 0.3) is 0 Å². The van der Waals surface area contributed by atoms with Crippen LogP contribution in [0.3, 0.4) is 0 Å². The number of aryl methyl sites for hydroxylation is 3. The molecule has 1 heterocycles. The number of hydrogen-bond acceptors (Lipinski definition) is 7. The summed E-state index contributed by atoms with van der Waals surface area (Å²) in [6, 6.07) is 21.1. The molecule has 5 rings (SSSR count). The molecule has 0 saturated carbocycles. The van der Waals surface area contributed by atoms with Crippen LogP contribution in [0.1, 0.15) is 53.0 Å². The zero-order valence-electron chi connectivity index (χ0n) is 22.7. The second-order valence-corrected chi connectivity index (χ2v) is 11.3. The van der Waals surface area contributed by atoms with Crippen molar-refractivity contribution in [3.63, 3.8) is 0 Å². The van der Waals surface area contributed by atoms with Gasteiger partial charge in [0.2, 0.25) is 0 Å². The normalized spacial score (nSPS) is 17.1. The molecular formula is C32H30N4O3S. The number of carbonyl (C=O) groups excluding carboxylic acids is 1. The molecule has 0 radical (unpaired) electrons. The standard InChI is InChI=1S/C32H30N4O3S/c1-19-9-4-7-14-29(19)40-18-22-16-23(21(3)15-20(22)2)30-24(17-33)32(34)35(27-12-8-13-28(37)31(27)30)25-10-5-6-11-26(25)36(38)39/h4-7,9-11,14-16,30H,8,12-13,18,34H2,1-3H3. The number of hydrogen-bond donors (Lipinski definition) is 1. The van der Waals surface area contributed by atoms with Crippen molar-refractivity contribution in [3.05, 3.63) is 121 Å². The molecule has 0 aromatic heterocycles. The third-order valence-electron chi connectivity index (χ3n) is 7.75. The third kappa shape index (κ3) is 4.78. The van der Waals surface area contributed by atoms with Gasteiger partial charge in [-0.2, -0.15) is 5.26 Å². The minimum absolute atomic E-state index is 0.0501. The van der Waals surface area contributed by atoms with Crippen LogP contribution >= 0.6 is 11.8 Å². The van der Waals surface area contributed by atoms with Gasteiger partial charge in [-0.3, -0.25) is 19.8 Å². The smallest absolute Gasteiger partial charge is 0.293 e. The highest BCUT2D eigenvalue weighted by molar-refractivity contribution is 7.98. The van der Waals surface area contributed by atoms with Crippen molar-refractivity contribution in [1.82, 2.24) is 0 Å². The van der Waals surface area contributed by atoms with E-state index in [0.29, 0.717) is 30.5 Å². The van der Waals surface area contributed by atoms with Gasteiger partial charge in [0.05, 0.1) is 22.5 Å². The molecule has 1 aliphatic heterocycles. The molecular weight excluding hydrogens is 520 g/mol. The van der Waals surface area contributed by atoms with Gasteiger partial charge in [-0.25, -0.2) is 0 Å². The molecule has 1 aliphatic carbocycles. The molecule has 1 unspecified atom stereocenters. The topological polar surface area (TPSA) is 113 Å². The monoisotopic (exact) mass is 550 g/mol. The largest absolute Gasteiger partial charge is 0.384 e. The summed E-state index contributed by atoms with van der Waals surface area (Å²) in [5.74, 6) is 0.187. The molecule has 3 aromatic rings. The van der Waals surface area contributed by atoms with Gasteiger partial charge in [-0.1, -0.05) is 42.5 Å². The molecule has 8 heteroatoms. The molecule has 2 aliphatic rings. The van der Waals surface area contributed by atoms with Crippen LogP contribution in [0.15, 0.2) is 88.2 Å². The summed E-state index contributed by atoms with van der Waals surface area (Å²) in [7, 11) is 0. The fourth-order valence-corrected chi connectivity index (χ4v) is 6.83. The summed E-state index contributed by atoms with van der Waals surface area (Å²) in [4.78, 5) is 27.8. The number of thioether (sulfide) groups is 1. The Kier molecular flexibility index (Phi) is 7.51. The summed E-state index contributed by atoms with van der Waals surface area (Å²) in [5.41, 5.74) is 13.5. The van der Waals surface area contributed by atoms with Crippen molar-refractivity contribution in [3.8, 4) is 6.07 Å². The molecule has 2 N–H and O–H groups in total. The van der Waals surface area contributed by atoms with E-state index in [1.54, 1.807) is 34.9 Å². The van der Waals surface area contributed by atoms with Crippen LogP contribution < -0.4 is 10.6 Å². The zero-order chi connectivity index (χ0) is 28.6. The lowest BCUT2D eigenvalue weighted by Crippen LogP contribution is -2.39. The third-order valence-corrected chi connectivity index (χ3v) is 8.97. The van der Waals surface area contributed by atoms with E-state index in [4.69, 9.17) is 5.73 Å². The number of nitro benzene ring substituents is 1. The molecule has 3 aromatic carbocycles. The van der Waals surface area contributed by atoms with Crippen LogP contribution in [0.5, 0.6) is 0 Å². The number of nitriles is 1. The lowest BCUT2D eigenvalue weighted by atomic mass is 9.74. The lowest BCUT2D eigenvalue weighted by Gasteiger charge is -2.39. The maximum atomic E-state index is 13.6. The molecule has 0 saturated heterocycles. The van der Waals surface area contributed by atoms with E-state index in [1.807, 2.05) is 19.1 Å². The first kappa shape index (κ1) is 27.2. The molecule has 7 nitrogen and oxygen atoms in total. The number of benzene rings is 3. The predicted octanol–water partition coefficient (Wildman–Crippen LogP) is 7.12. The Bertz CT molecular complexity index is 1650. The van der Waals surface area contributed by atoms with Crippen LogP contribution in [0.4, 0.5) is 11.4 Å². The first-order valence-corrected chi connectivity index (χ1v) is 14.2. The molecule has 0 amide bonds. The SMILES string of the molecule is Cc1cc(C)c(C2C(C#N)=C(N)N(c3ccccc3[N+](=O)[O-])C3=C2C(=O)CCC3)cc1CSc1ccccc1C. The lowest BCUT2D eigenvalue weighted by molar-refractivity contribution is -0.384. The van der Waals surface area contributed by atoms with Crippen LogP contribution in [-0.2, 0) is 10.5 Å². The van der Waals surface area contributed by atoms with Crippen molar-refractivity contribution >= 4 is 28.9 Å². The second kappa shape index (κ2) is 11.0.